The lowest BCUT2D eigenvalue weighted by Crippen LogP contribution is -2.45. The van der Waals surface area contributed by atoms with Crippen molar-refractivity contribution in [3.8, 4) is 0 Å². The standard InChI is InChI=1S/C33H29N2O/c1-22-27(32(36)31(22)35(24-14-7-5-8-15-24)25-16-9-6-10-17-25)21-29-33(2,3)30-26-18-12-11-13-23(26)19-20-28(30)34(29)4/h5-21H,1-4H3/q+1. The Bertz CT molecular complexity index is 1690. The van der Waals surface area contributed by atoms with Crippen molar-refractivity contribution in [2.24, 2.45) is 0 Å². The fourth-order valence-electron chi connectivity index (χ4n) is 5.83. The monoisotopic (exact) mass is 469 g/mol. The summed E-state index contributed by atoms with van der Waals surface area (Å²) in [5.41, 5.74) is 7.28. The Morgan fingerprint density at radius 2 is 1.36 bits per heavy atom. The summed E-state index contributed by atoms with van der Waals surface area (Å²) in [6, 6.07) is 33.2. The maximum Gasteiger partial charge on any atom is 0.263 e. The van der Waals surface area contributed by atoms with Gasteiger partial charge in [-0.2, -0.15) is 4.58 Å². The molecule has 0 spiro atoms. The maximum atomic E-state index is 13.8. The Labute approximate surface area is 211 Å². The number of para-hydroxylation sites is 2. The van der Waals surface area contributed by atoms with E-state index in [2.05, 4.69) is 79.8 Å². The van der Waals surface area contributed by atoms with Crippen LogP contribution >= 0.6 is 0 Å². The summed E-state index contributed by atoms with van der Waals surface area (Å²) in [7, 11) is 2.11. The van der Waals surface area contributed by atoms with Crippen LogP contribution in [0.1, 0.15) is 30.5 Å². The lowest BCUT2D eigenvalue weighted by atomic mass is 9.80. The highest BCUT2D eigenvalue weighted by molar-refractivity contribution is 5.95. The van der Waals surface area contributed by atoms with E-state index in [0.717, 1.165) is 33.6 Å². The Morgan fingerprint density at radius 1 is 0.778 bits per heavy atom. The number of benzene rings is 4. The fraction of sp³-hybridized carbons (Fsp3) is 0.152. The minimum absolute atomic E-state index is 0.0812. The molecule has 0 amide bonds. The van der Waals surface area contributed by atoms with Crippen LogP contribution in [0, 0.1) is 6.92 Å². The van der Waals surface area contributed by atoms with Gasteiger partial charge in [0.2, 0.25) is 11.4 Å². The predicted octanol–water partition coefficient (Wildman–Crippen LogP) is 6.59. The molecular weight excluding hydrogens is 440 g/mol. The molecule has 1 aliphatic heterocycles. The van der Waals surface area contributed by atoms with E-state index in [-0.39, 0.29) is 10.8 Å². The summed E-state index contributed by atoms with van der Waals surface area (Å²) in [4.78, 5) is 16.0. The summed E-state index contributed by atoms with van der Waals surface area (Å²) in [6.45, 7) is 6.58. The molecule has 176 valence electrons. The number of nitrogens with zero attached hydrogens (tertiary/aromatic N) is 2. The zero-order valence-electron chi connectivity index (χ0n) is 21.1. The highest BCUT2D eigenvalue weighted by Crippen LogP contribution is 2.50. The first-order valence-corrected chi connectivity index (χ1v) is 12.4. The number of allylic oxidation sites excluding steroid dienone is 1. The van der Waals surface area contributed by atoms with Gasteiger partial charge in [-0.3, -0.25) is 4.79 Å². The fourth-order valence-corrected chi connectivity index (χ4v) is 5.83. The van der Waals surface area contributed by atoms with Gasteiger partial charge in [-0.25, -0.2) is 0 Å². The summed E-state index contributed by atoms with van der Waals surface area (Å²) < 4.78 is 2.07. The van der Waals surface area contributed by atoms with Crippen molar-refractivity contribution in [2.45, 2.75) is 26.2 Å². The first-order chi connectivity index (χ1) is 17.4. The number of likely N-dealkylation sites (N-methyl/N-ethyl adjacent to an activating group) is 1. The topological polar surface area (TPSA) is 23.3 Å². The summed E-state index contributed by atoms with van der Waals surface area (Å²) in [5, 5.41) is 3.25. The quantitative estimate of drug-likeness (QED) is 0.278. The second-order valence-electron chi connectivity index (χ2n) is 10.1. The highest BCUT2D eigenvalue weighted by atomic mass is 16.1. The molecule has 36 heavy (non-hydrogen) atoms. The molecule has 6 rings (SSSR count). The van der Waals surface area contributed by atoms with Gasteiger partial charge in [0.15, 0.2) is 0 Å². The maximum absolute atomic E-state index is 13.8. The van der Waals surface area contributed by atoms with Crippen LogP contribution in [0.15, 0.2) is 108 Å². The van der Waals surface area contributed by atoms with Crippen molar-refractivity contribution < 1.29 is 0 Å². The molecule has 0 bridgehead atoms. The van der Waals surface area contributed by atoms with Crippen molar-refractivity contribution >= 4 is 33.9 Å². The Kier molecular flexibility index (Phi) is 5.04. The molecule has 0 N–H and O–H groups in total. The SMILES string of the molecule is Cc1c(C=C2N(C)c3ccc4ccccc4c3C2(C)C)c(=O)c1=[N+](c1ccccc1)c1ccccc1. The minimum atomic E-state index is -0.229. The van der Waals surface area contributed by atoms with Gasteiger partial charge in [-0.05, 0) is 35.4 Å². The number of anilines is 1. The number of fused-ring (bicyclic) bond motifs is 3. The van der Waals surface area contributed by atoms with Gasteiger partial charge < -0.3 is 4.90 Å². The molecule has 0 unspecified atom stereocenters. The van der Waals surface area contributed by atoms with Gasteiger partial charge >= 0.3 is 0 Å². The molecule has 3 heteroatoms. The average molecular weight is 470 g/mol. The molecule has 5 aromatic rings. The van der Waals surface area contributed by atoms with Crippen molar-refractivity contribution in [3.63, 3.8) is 0 Å². The number of hydrogen-bond acceptors (Lipinski definition) is 2. The summed E-state index contributed by atoms with van der Waals surface area (Å²) in [6.07, 6.45) is 2.12. The molecule has 0 atom stereocenters. The van der Waals surface area contributed by atoms with Crippen LogP contribution in [0.3, 0.4) is 0 Å². The Balaban J connectivity index is 1.55. The molecule has 0 fully saturated rings. The zero-order valence-corrected chi connectivity index (χ0v) is 21.1. The third-order valence-electron chi connectivity index (χ3n) is 7.65. The van der Waals surface area contributed by atoms with Crippen molar-refractivity contribution in [3.05, 3.63) is 135 Å². The van der Waals surface area contributed by atoms with Gasteiger partial charge in [0.25, 0.3) is 10.8 Å². The van der Waals surface area contributed by atoms with Gasteiger partial charge in [0.05, 0.1) is 0 Å². The zero-order chi connectivity index (χ0) is 25.0. The van der Waals surface area contributed by atoms with E-state index in [1.165, 1.54) is 22.0 Å². The second kappa shape index (κ2) is 8.17. The number of rotatable bonds is 3. The van der Waals surface area contributed by atoms with E-state index in [4.69, 9.17) is 0 Å². The minimum Gasteiger partial charge on any atom is -0.347 e. The van der Waals surface area contributed by atoms with E-state index in [9.17, 15) is 4.79 Å². The molecule has 3 nitrogen and oxygen atoms in total. The molecule has 0 aliphatic carbocycles. The van der Waals surface area contributed by atoms with Crippen LogP contribution in [-0.4, -0.2) is 7.05 Å². The highest BCUT2D eigenvalue weighted by Gasteiger charge is 2.40. The van der Waals surface area contributed by atoms with Crippen LogP contribution in [0.5, 0.6) is 0 Å². The Hall–Kier alpha value is -4.24. The van der Waals surface area contributed by atoms with Gasteiger partial charge in [0, 0.05) is 59.2 Å². The molecule has 1 aliphatic rings. The van der Waals surface area contributed by atoms with E-state index in [1.807, 2.05) is 60.7 Å². The van der Waals surface area contributed by atoms with E-state index < -0.39 is 0 Å². The van der Waals surface area contributed by atoms with E-state index in [1.54, 1.807) is 0 Å². The van der Waals surface area contributed by atoms with Gasteiger partial charge in [0.1, 0.15) is 0 Å². The van der Waals surface area contributed by atoms with E-state index >= 15 is 0 Å². The van der Waals surface area contributed by atoms with E-state index in [0.29, 0.717) is 0 Å². The predicted molar refractivity (Wildman–Crippen MR) is 151 cm³/mol. The normalized spacial score (nSPS) is 15.6. The third-order valence-corrected chi connectivity index (χ3v) is 7.65. The van der Waals surface area contributed by atoms with Crippen LogP contribution in [-0.2, 0) is 5.41 Å². The molecule has 0 radical (unpaired) electrons. The molecule has 5 aromatic carbocycles. The molecule has 0 saturated heterocycles. The summed E-state index contributed by atoms with van der Waals surface area (Å²) >= 11 is 0. The molecular formula is C33H29N2O+. The first-order valence-electron chi connectivity index (χ1n) is 12.4. The molecule has 1 heterocycles. The lowest BCUT2D eigenvalue weighted by Gasteiger charge is -2.25. The largest absolute Gasteiger partial charge is 0.347 e. The van der Waals surface area contributed by atoms with Gasteiger partial charge in [-0.15, -0.1) is 0 Å². The smallest absolute Gasteiger partial charge is 0.263 e. The van der Waals surface area contributed by atoms with Crippen molar-refractivity contribution in [1.29, 1.82) is 0 Å². The van der Waals surface area contributed by atoms with Gasteiger partial charge in [-0.1, -0.05) is 80.6 Å². The van der Waals surface area contributed by atoms with Crippen LogP contribution in [0.25, 0.3) is 16.8 Å². The average Bonchev–Trinajstić information content (AvgIpc) is 3.11. The van der Waals surface area contributed by atoms with Crippen molar-refractivity contribution in [2.75, 3.05) is 11.9 Å². The first kappa shape index (κ1) is 22.2. The van der Waals surface area contributed by atoms with Crippen LogP contribution in [0.4, 0.5) is 17.1 Å². The number of hydrogen-bond donors (Lipinski definition) is 0. The van der Waals surface area contributed by atoms with Crippen LogP contribution in [0.2, 0.25) is 0 Å². The third kappa shape index (κ3) is 3.20. The van der Waals surface area contributed by atoms with Crippen LogP contribution < -0.4 is 20.3 Å². The second-order valence-corrected chi connectivity index (χ2v) is 10.1. The Morgan fingerprint density at radius 3 is 1.97 bits per heavy atom. The van der Waals surface area contributed by atoms with Crippen molar-refractivity contribution in [1.82, 2.24) is 4.58 Å². The lowest BCUT2D eigenvalue weighted by molar-refractivity contribution is 0.649. The molecule has 0 saturated carbocycles. The molecule has 0 aromatic heterocycles. The summed E-state index contributed by atoms with van der Waals surface area (Å²) in [5.74, 6) is 0.